The van der Waals surface area contributed by atoms with Gasteiger partial charge in [-0.3, -0.25) is 14.5 Å². The molecule has 0 radical (unpaired) electrons. The standard InChI is InChI=1S/C16H19F3N2O3/c1-2-24-16(23)10-4-3-7-21(8-10)9-13(22)20-12-6-5-11(17)14(18)15(12)19/h5-6,10H,2-4,7-9H2,1H3,(H,20,22)/t10-/m1/s1. The van der Waals surface area contributed by atoms with E-state index in [0.29, 0.717) is 26.1 Å². The minimum atomic E-state index is -1.63. The van der Waals surface area contributed by atoms with Crippen molar-refractivity contribution in [2.75, 3.05) is 31.6 Å². The van der Waals surface area contributed by atoms with Crippen LogP contribution >= 0.6 is 0 Å². The van der Waals surface area contributed by atoms with Gasteiger partial charge in [0.1, 0.15) is 0 Å². The lowest BCUT2D eigenvalue weighted by Crippen LogP contribution is -2.43. The van der Waals surface area contributed by atoms with Gasteiger partial charge in [0.15, 0.2) is 17.5 Å². The molecule has 0 bridgehead atoms. The van der Waals surface area contributed by atoms with E-state index >= 15 is 0 Å². The number of anilines is 1. The molecule has 132 valence electrons. The maximum absolute atomic E-state index is 13.5. The lowest BCUT2D eigenvalue weighted by Gasteiger charge is -2.30. The summed E-state index contributed by atoms with van der Waals surface area (Å²) in [6.07, 6.45) is 1.42. The van der Waals surface area contributed by atoms with Crippen LogP contribution in [0.15, 0.2) is 12.1 Å². The summed E-state index contributed by atoms with van der Waals surface area (Å²) in [5.41, 5.74) is -0.419. The molecule has 5 nitrogen and oxygen atoms in total. The zero-order valence-electron chi connectivity index (χ0n) is 13.3. The van der Waals surface area contributed by atoms with Crippen LogP contribution in [0.25, 0.3) is 0 Å². The predicted octanol–water partition coefficient (Wildman–Crippen LogP) is 2.32. The third-order valence-corrected chi connectivity index (χ3v) is 3.80. The Bertz CT molecular complexity index is 625. The van der Waals surface area contributed by atoms with Crippen LogP contribution in [0.5, 0.6) is 0 Å². The van der Waals surface area contributed by atoms with E-state index in [0.717, 1.165) is 18.6 Å². The molecule has 1 heterocycles. The number of halogens is 3. The van der Waals surface area contributed by atoms with Gasteiger partial charge in [-0.2, -0.15) is 0 Å². The first-order valence-electron chi connectivity index (χ1n) is 7.74. The summed E-state index contributed by atoms with van der Waals surface area (Å²) in [6.45, 7) is 2.93. The Morgan fingerprint density at radius 2 is 2.04 bits per heavy atom. The van der Waals surface area contributed by atoms with Gasteiger partial charge in [0.2, 0.25) is 5.91 Å². The first-order chi connectivity index (χ1) is 11.4. The van der Waals surface area contributed by atoms with Gasteiger partial charge in [0.05, 0.1) is 24.8 Å². The van der Waals surface area contributed by atoms with Gasteiger partial charge in [-0.05, 0) is 38.4 Å². The maximum Gasteiger partial charge on any atom is 0.310 e. The maximum atomic E-state index is 13.5. The van der Waals surface area contributed by atoms with E-state index < -0.39 is 29.0 Å². The van der Waals surface area contributed by atoms with Crippen molar-refractivity contribution < 1.29 is 27.5 Å². The summed E-state index contributed by atoms with van der Waals surface area (Å²) in [5.74, 6) is -5.55. The molecule has 1 aliphatic rings. The number of ether oxygens (including phenoxy) is 1. The highest BCUT2D eigenvalue weighted by Gasteiger charge is 2.28. The Morgan fingerprint density at radius 3 is 2.75 bits per heavy atom. The molecule has 0 spiro atoms. The monoisotopic (exact) mass is 344 g/mol. The molecule has 0 aliphatic carbocycles. The lowest BCUT2D eigenvalue weighted by atomic mass is 9.98. The third kappa shape index (κ3) is 4.47. The number of amides is 1. The summed E-state index contributed by atoms with van der Waals surface area (Å²) in [7, 11) is 0. The number of hydrogen-bond donors (Lipinski definition) is 1. The van der Waals surface area contributed by atoms with Crippen molar-refractivity contribution in [2.24, 2.45) is 5.92 Å². The highest BCUT2D eigenvalue weighted by Crippen LogP contribution is 2.20. The van der Waals surface area contributed by atoms with Crippen LogP contribution in [0, 0.1) is 23.4 Å². The Labute approximate surface area is 137 Å². The average Bonchev–Trinajstić information content (AvgIpc) is 2.56. The molecule has 0 saturated carbocycles. The summed E-state index contributed by atoms with van der Waals surface area (Å²) < 4.78 is 44.5. The van der Waals surface area contributed by atoms with E-state index in [4.69, 9.17) is 4.74 Å². The molecule has 24 heavy (non-hydrogen) atoms. The Balaban J connectivity index is 1.92. The molecule has 1 aliphatic heterocycles. The normalized spacial score (nSPS) is 18.2. The number of esters is 1. The van der Waals surface area contributed by atoms with Gasteiger partial charge in [-0.25, -0.2) is 13.2 Å². The fourth-order valence-corrected chi connectivity index (χ4v) is 2.67. The van der Waals surface area contributed by atoms with Gasteiger partial charge in [-0.1, -0.05) is 0 Å². The fourth-order valence-electron chi connectivity index (χ4n) is 2.67. The van der Waals surface area contributed by atoms with Gasteiger partial charge in [-0.15, -0.1) is 0 Å². The smallest absolute Gasteiger partial charge is 0.310 e. The van der Waals surface area contributed by atoms with Crippen molar-refractivity contribution in [3.63, 3.8) is 0 Å². The quantitative estimate of drug-likeness (QED) is 0.658. The molecular formula is C16H19F3N2O3. The molecule has 1 atom stereocenters. The van der Waals surface area contributed by atoms with Crippen molar-refractivity contribution in [1.82, 2.24) is 4.90 Å². The first-order valence-corrected chi connectivity index (χ1v) is 7.74. The van der Waals surface area contributed by atoms with E-state index in [1.165, 1.54) is 0 Å². The molecule has 1 aromatic rings. The minimum Gasteiger partial charge on any atom is -0.466 e. The van der Waals surface area contributed by atoms with Crippen LogP contribution < -0.4 is 5.32 Å². The SMILES string of the molecule is CCOC(=O)[C@@H]1CCCN(CC(=O)Nc2ccc(F)c(F)c2F)C1. The van der Waals surface area contributed by atoms with Crippen molar-refractivity contribution in [1.29, 1.82) is 0 Å². The Morgan fingerprint density at radius 1 is 1.29 bits per heavy atom. The molecule has 0 unspecified atom stereocenters. The van der Waals surface area contributed by atoms with Crippen molar-refractivity contribution >= 4 is 17.6 Å². The number of likely N-dealkylation sites (tertiary alicyclic amines) is 1. The molecule has 1 amide bonds. The van der Waals surface area contributed by atoms with Crippen LogP contribution in [-0.2, 0) is 14.3 Å². The molecule has 2 rings (SSSR count). The zero-order valence-corrected chi connectivity index (χ0v) is 13.3. The van der Waals surface area contributed by atoms with Crippen molar-refractivity contribution in [3.8, 4) is 0 Å². The highest BCUT2D eigenvalue weighted by atomic mass is 19.2. The number of hydrogen-bond acceptors (Lipinski definition) is 4. The van der Waals surface area contributed by atoms with Crippen molar-refractivity contribution in [2.45, 2.75) is 19.8 Å². The number of nitrogens with zero attached hydrogens (tertiary/aromatic N) is 1. The molecule has 1 N–H and O–H groups in total. The van der Waals surface area contributed by atoms with Gasteiger partial charge >= 0.3 is 5.97 Å². The lowest BCUT2D eigenvalue weighted by molar-refractivity contribution is -0.150. The molecule has 8 heteroatoms. The second-order valence-electron chi connectivity index (χ2n) is 5.60. The number of piperidine rings is 1. The van der Waals surface area contributed by atoms with E-state index in [1.54, 1.807) is 11.8 Å². The van der Waals surface area contributed by atoms with Crippen LogP contribution in [0.1, 0.15) is 19.8 Å². The van der Waals surface area contributed by atoms with Crippen LogP contribution in [-0.4, -0.2) is 43.0 Å². The highest BCUT2D eigenvalue weighted by molar-refractivity contribution is 5.92. The zero-order chi connectivity index (χ0) is 17.7. The van der Waals surface area contributed by atoms with Crippen LogP contribution in [0.2, 0.25) is 0 Å². The van der Waals surface area contributed by atoms with Gasteiger partial charge in [0.25, 0.3) is 0 Å². The topological polar surface area (TPSA) is 58.6 Å². The molecule has 1 aromatic carbocycles. The third-order valence-electron chi connectivity index (χ3n) is 3.80. The van der Waals surface area contributed by atoms with E-state index in [9.17, 15) is 22.8 Å². The average molecular weight is 344 g/mol. The second kappa shape index (κ2) is 8.14. The summed E-state index contributed by atoms with van der Waals surface area (Å²) in [5, 5.41) is 2.22. The molecule has 1 fully saturated rings. The van der Waals surface area contributed by atoms with E-state index in [1.807, 2.05) is 0 Å². The molecular weight excluding hydrogens is 325 g/mol. The fraction of sp³-hybridized carbons (Fsp3) is 0.500. The molecule has 1 saturated heterocycles. The number of benzene rings is 1. The van der Waals surface area contributed by atoms with Gasteiger partial charge < -0.3 is 10.1 Å². The van der Waals surface area contributed by atoms with E-state index in [2.05, 4.69) is 5.32 Å². The van der Waals surface area contributed by atoms with Gasteiger partial charge in [0, 0.05) is 6.54 Å². The summed E-state index contributed by atoms with van der Waals surface area (Å²) in [4.78, 5) is 25.5. The first kappa shape index (κ1) is 18.3. The largest absolute Gasteiger partial charge is 0.466 e. The van der Waals surface area contributed by atoms with Crippen LogP contribution in [0.3, 0.4) is 0 Å². The van der Waals surface area contributed by atoms with Crippen LogP contribution in [0.4, 0.5) is 18.9 Å². The number of nitrogens with one attached hydrogen (secondary N) is 1. The van der Waals surface area contributed by atoms with E-state index in [-0.39, 0.29) is 18.4 Å². The number of carbonyl (C=O) groups is 2. The Kier molecular flexibility index (Phi) is 6.19. The molecule has 0 aromatic heterocycles. The number of rotatable bonds is 5. The predicted molar refractivity (Wildman–Crippen MR) is 80.7 cm³/mol. The summed E-state index contributed by atoms with van der Waals surface area (Å²) >= 11 is 0. The summed E-state index contributed by atoms with van der Waals surface area (Å²) in [6, 6.07) is 1.70. The van der Waals surface area contributed by atoms with Crippen molar-refractivity contribution in [3.05, 3.63) is 29.6 Å². The second-order valence-corrected chi connectivity index (χ2v) is 5.60. The Hall–Kier alpha value is -2.09. The number of carbonyl (C=O) groups excluding carboxylic acids is 2. The minimum absolute atomic E-state index is 0.0751.